The van der Waals surface area contributed by atoms with E-state index in [1.54, 1.807) is 0 Å². The summed E-state index contributed by atoms with van der Waals surface area (Å²) in [5, 5.41) is 15.2. The first-order valence-electron chi connectivity index (χ1n) is 42.8. The van der Waals surface area contributed by atoms with Gasteiger partial charge in [-0.15, -0.1) is 11.3 Å². The SMILES string of the molecule is C=Cc1ccc2c(c1)c1ccccc1n2-c1cc(-c2cc(-n3c4ccccc4c4cc(/C=C/c5cc(-n6c7ccccc7c7ccccc76)c6oc7c(-c8ccc9sc%10ccc(-c%11cccc(C%12=CN=CC%13c%14cccc(-n%15c%16ccccc%16c%16ccccc%16%15)c%14OC%12%13)c%11)cc%10c9c8)cncc7c6c5)ccc43)c3oc4ccccc4c3n2)nc2c1oc1ccccc12. The number of hydrogen-bond acceptors (Lipinski definition) is 9. The number of aromatic nitrogens is 7. The second-order valence-corrected chi connectivity index (χ2v) is 34.6. The molecule has 0 radical (unpaired) electrons. The van der Waals surface area contributed by atoms with E-state index in [1.807, 2.05) is 72.4 Å². The van der Waals surface area contributed by atoms with Crippen LogP contribution in [0.5, 0.6) is 5.75 Å². The summed E-state index contributed by atoms with van der Waals surface area (Å²) < 4.78 is 40.4. The van der Waals surface area contributed by atoms with Crippen LogP contribution < -0.4 is 4.74 Å². The fraction of sp³-hybridized carbons (Fsp3) is 0.0175. The maximum Gasteiger partial charge on any atom is 0.177 e. The number of nitrogens with zero attached hydrogens (tertiary/aromatic N) is 8. The lowest BCUT2D eigenvalue weighted by atomic mass is 9.86. The van der Waals surface area contributed by atoms with Gasteiger partial charge < -0.3 is 36.3 Å². The lowest BCUT2D eigenvalue weighted by molar-refractivity contribution is 0.284. The van der Waals surface area contributed by atoms with Crippen molar-refractivity contribution in [3.63, 3.8) is 0 Å². The molecule has 0 saturated carbocycles. The number of benzene rings is 15. The average molecular weight is 1640 g/mol. The summed E-state index contributed by atoms with van der Waals surface area (Å²) in [7, 11) is 0. The largest absolute Gasteiger partial charge is 0.482 e. The Balaban J connectivity index is 0.552. The highest BCUT2D eigenvalue weighted by Gasteiger charge is 2.40. The Morgan fingerprint density at radius 2 is 0.787 bits per heavy atom. The van der Waals surface area contributed by atoms with E-state index in [4.69, 9.17) is 37.9 Å². The van der Waals surface area contributed by atoms with Gasteiger partial charge in [-0.1, -0.05) is 213 Å². The van der Waals surface area contributed by atoms with Crippen molar-refractivity contribution in [1.29, 1.82) is 0 Å². The van der Waals surface area contributed by atoms with E-state index in [2.05, 4.69) is 340 Å². The Hall–Kier alpha value is -16.7. The zero-order chi connectivity index (χ0) is 83.0. The molecule has 0 spiro atoms. The van der Waals surface area contributed by atoms with Gasteiger partial charge in [-0.05, 0) is 185 Å². The molecule has 2 aliphatic heterocycles. The predicted molar refractivity (Wildman–Crippen MR) is 524 cm³/mol. The molecule has 13 heteroatoms. The van der Waals surface area contributed by atoms with Crippen LogP contribution in [0, 0.1) is 0 Å². The summed E-state index contributed by atoms with van der Waals surface area (Å²) in [4.78, 5) is 21.2. The van der Waals surface area contributed by atoms with Crippen molar-refractivity contribution in [2.75, 3.05) is 0 Å². The third-order valence-electron chi connectivity index (χ3n) is 26.6. The molecule has 2 atom stereocenters. The van der Waals surface area contributed by atoms with Gasteiger partial charge in [0.1, 0.15) is 39.6 Å². The minimum absolute atomic E-state index is 0.0495. The van der Waals surface area contributed by atoms with E-state index in [9.17, 15) is 0 Å². The van der Waals surface area contributed by atoms with Crippen molar-refractivity contribution in [2.24, 2.45) is 4.99 Å². The van der Waals surface area contributed by atoms with Crippen molar-refractivity contribution in [3.05, 3.63) is 387 Å². The summed E-state index contributed by atoms with van der Waals surface area (Å²) in [6.45, 7) is 4.13. The molecule has 0 amide bonds. The molecule has 2 aliphatic rings. The lowest BCUT2D eigenvalue weighted by Gasteiger charge is -2.22. The Morgan fingerprint density at radius 1 is 0.323 bits per heavy atom. The highest BCUT2D eigenvalue weighted by atomic mass is 32.1. The first kappa shape index (κ1) is 69.9. The molecule has 592 valence electrons. The van der Waals surface area contributed by atoms with Gasteiger partial charge in [0, 0.05) is 126 Å². The molecule has 28 rings (SSSR count). The third kappa shape index (κ3) is 10.2. The van der Waals surface area contributed by atoms with Gasteiger partial charge in [-0.25, -0.2) is 9.97 Å². The topological polar surface area (TPSA) is 119 Å². The van der Waals surface area contributed by atoms with E-state index in [0.717, 1.165) is 216 Å². The van der Waals surface area contributed by atoms with Crippen LogP contribution >= 0.6 is 11.3 Å². The van der Waals surface area contributed by atoms with Crippen LogP contribution in [0.3, 0.4) is 0 Å². The van der Waals surface area contributed by atoms with Crippen molar-refractivity contribution in [2.45, 2.75) is 12.0 Å². The van der Waals surface area contributed by atoms with Gasteiger partial charge in [0.2, 0.25) is 0 Å². The van der Waals surface area contributed by atoms with Crippen LogP contribution in [0.15, 0.2) is 377 Å². The number of aliphatic imine (C=N–C) groups is 1. The number of para-hydroxylation sites is 9. The Labute approximate surface area is 726 Å². The summed E-state index contributed by atoms with van der Waals surface area (Å²) >= 11 is 1.81. The van der Waals surface area contributed by atoms with Gasteiger partial charge in [-0.2, -0.15) is 0 Å². The monoisotopic (exact) mass is 1640 g/mol. The van der Waals surface area contributed by atoms with Crippen LogP contribution in [-0.4, -0.2) is 45.5 Å². The van der Waals surface area contributed by atoms with Gasteiger partial charge in [-0.3, -0.25) is 9.98 Å². The number of pyridine rings is 3. The third-order valence-corrected chi connectivity index (χ3v) is 27.8. The lowest BCUT2D eigenvalue weighted by Crippen LogP contribution is -2.24. The Morgan fingerprint density at radius 3 is 1.37 bits per heavy atom. The molecule has 26 aromatic rings. The second-order valence-electron chi connectivity index (χ2n) is 33.5. The molecule has 0 aliphatic carbocycles. The minimum Gasteiger partial charge on any atom is -0.482 e. The summed E-state index contributed by atoms with van der Waals surface area (Å²) in [5.41, 5.74) is 30.0. The molecule has 15 aromatic carbocycles. The van der Waals surface area contributed by atoms with Crippen LogP contribution in [0.4, 0.5) is 0 Å². The molecule has 127 heavy (non-hydrogen) atoms. The number of ether oxygens (including phenoxy) is 1. The zero-order valence-electron chi connectivity index (χ0n) is 67.8. The quantitative estimate of drug-likeness (QED) is 0.118. The van der Waals surface area contributed by atoms with E-state index in [0.29, 0.717) is 22.6 Å². The van der Waals surface area contributed by atoms with E-state index < -0.39 is 0 Å². The van der Waals surface area contributed by atoms with Crippen LogP contribution in [-0.2, 0) is 0 Å². The van der Waals surface area contributed by atoms with E-state index in [1.165, 1.54) is 30.9 Å². The number of rotatable bonds is 11. The maximum atomic E-state index is 7.48. The Bertz CT molecular complexity index is 9370. The van der Waals surface area contributed by atoms with Crippen LogP contribution in [0.1, 0.15) is 33.7 Å². The highest BCUT2D eigenvalue weighted by Crippen LogP contribution is 2.52. The minimum atomic E-state index is -0.254. The maximum absolute atomic E-state index is 7.48. The zero-order valence-corrected chi connectivity index (χ0v) is 68.6. The number of fused-ring (bicyclic) bond motifs is 27. The summed E-state index contributed by atoms with van der Waals surface area (Å²) in [6.07, 6.45) is 14.1. The molecule has 2 unspecified atom stereocenters. The van der Waals surface area contributed by atoms with Crippen molar-refractivity contribution in [1.82, 2.24) is 33.2 Å². The fourth-order valence-electron chi connectivity index (χ4n) is 20.9. The van der Waals surface area contributed by atoms with Gasteiger partial charge in [0.15, 0.2) is 16.7 Å². The second kappa shape index (κ2) is 26.6. The molecule has 11 aromatic heterocycles. The van der Waals surface area contributed by atoms with Crippen molar-refractivity contribution in [3.8, 4) is 62.1 Å². The van der Waals surface area contributed by atoms with Gasteiger partial charge in [0.25, 0.3) is 0 Å². The molecular formula is C114H66N8O4S. The summed E-state index contributed by atoms with van der Waals surface area (Å²) in [6, 6.07) is 119. The smallest absolute Gasteiger partial charge is 0.177 e. The molecule has 0 fully saturated rings. The van der Waals surface area contributed by atoms with Crippen LogP contribution in [0.2, 0.25) is 0 Å². The predicted octanol–water partition coefficient (Wildman–Crippen LogP) is 30.1. The van der Waals surface area contributed by atoms with Crippen LogP contribution in [0.25, 0.3) is 254 Å². The van der Waals surface area contributed by atoms with E-state index >= 15 is 0 Å². The normalized spacial score (nSPS) is 14.2. The average Bonchev–Trinajstić information content (AvgIpc) is 1.58. The van der Waals surface area contributed by atoms with Gasteiger partial charge >= 0.3 is 0 Å². The molecule has 0 bridgehead atoms. The molecule has 0 N–H and O–H groups in total. The molecular weight excluding hydrogens is 1580 g/mol. The fourth-order valence-corrected chi connectivity index (χ4v) is 22.0. The first-order valence-corrected chi connectivity index (χ1v) is 43.7. The summed E-state index contributed by atoms with van der Waals surface area (Å²) in [5.74, 6) is 0.845. The van der Waals surface area contributed by atoms with Crippen molar-refractivity contribution >= 4 is 215 Å². The number of hydrogen-bond donors (Lipinski definition) is 0. The number of furan rings is 3. The standard InChI is InChI=1S/C114H66N8O4S/c1-2-64-43-47-97-80(51-64)75-27-7-15-36-95(75)121(97)101-58-89(117-107-78-29-9-17-39-103(78)123-113(101)107)90-59-102(114-108(118-90)79-30-10-18-40-104(79)124-114)122-96-37-16-8-28-76(96)81-52-65(44-48-98(81)122)41-42-66-53-84-88-63-116-61-86(110(88)126-112(84)100(54-66)120-93-34-13-5-25-73(93)74-26-6-14-35-94(74)120)70-46-50-106-83(57-70)82-56-68(45-49-105(82)127-106)67-21-19-22-69(55-67)85-60-115-62-87-77-31-20-38-99(111(77)125-109(85)87)119-91-32-11-3-23-71(91)72-24-4-12-33-92(72)119/h2-63,87,109H,1H2/b42-41+. The Kier molecular flexibility index (Phi) is 14.7. The number of thiophene rings is 1. The first-order chi connectivity index (χ1) is 62.9. The van der Waals surface area contributed by atoms with Crippen molar-refractivity contribution < 1.29 is 18.0 Å². The molecule has 12 nitrogen and oxygen atoms in total. The highest BCUT2D eigenvalue weighted by molar-refractivity contribution is 7.25. The molecule has 13 heterocycles. The van der Waals surface area contributed by atoms with Gasteiger partial charge in [0.05, 0.1) is 84.2 Å². The van der Waals surface area contributed by atoms with E-state index in [-0.39, 0.29) is 12.0 Å². The molecule has 0 saturated heterocycles.